The van der Waals surface area contributed by atoms with Gasteiger partial charge in [0.2, 0.25) is 0 Å². The van der Waals surface area contributed by atoms with E-state index in [9.17, 15) is 0 Å². The molecule has 1 aromatic rings. The standard InChI is InChI=1S/C19H35N5OS/c1-5-18-23-16(14-26-18)7-8-21-19(20-6-2)22-11-17-13-24(9-10-25-17)12-15(3)4/h14-15,17H,5-13H2,1-4H3,(H2,20,21,22). The second kappa shape index (κ2) is 11.5. The molecule has 0 bridgehead atoms. The van der Waals surface area contributed by atoms with E-state index in [1.54, 1.807) is 11.3 Å². The number of nitrogens with zero attached hydrogens (tertiary/aromatic N) is 3. The zero-order chi connectivity index (χ0) is 18.8. The molecule has 1 aromatic heterocycles. The zero-order valence-corrected chi connectivity index (χ0v) is 17.6. The van der Waals surface area contributed by atoms with E-state index >= 15 is 0 Å². The molecular weight excluding hydrogens is 346 g/mol. The van der Waals surface area contributed by atoms with Gasteiger partial charge in [-0.2, -0.15) is 0 Å². The van der Waals surface area contributed by atoms with Crippen LogP contribution >= 0.6 is 11.3 Å². The summed E-state index contributed by atoms with van der Waals surface area (Å²) in [6, 6.07) is 0. The van der Waals surface area contributed by atoms with Gasteiger partial charge in [0.15, 0.2) is 5.96 Å². The quantitative estimate of drug-likeness (QED) is 0.507. The molecule has 0 aliphatic carbocycles. The highest BCUT2D eigenvalue weighted by Crippen LogP contribution is 2.10. The van der Waals surface area contributed by atoms with Gasteiger partial charge in [-0.05, 0) is 19.3 Å². The molecule has 2 rings (SSSR count). The molecule has 0 saturated carbocycles. The lowest BCUT2D eigenvalue weighted by atomic mass is 10.2. The molecule has 2 N–H and O–H groups in total. The highest BCUT2D eigenvalue weighted by Gasteiger charge is 2.20. The van der Waals surface area contributed by atoms with Crippen molar-refractivity contribution in [2.24, 2.45) is 10.9 Å². The van der Waals surface area contributed by atoms with Gasteiger partial charge in [0.25, 0.3) is 0 Å². The number of morpholine rings is 1. The van der Waals surface area contributed by atoms with Crippen molar-refractivity contribution in [3.8, 4) is 0 Å². The Morgan fingerprint density at radius 1 is 1.42 bits per heavy atom. The number of thiazole rings is 1. The summed E-state index contributed by atoms with van der Waals surface area (Å²) < 4.78 is 5.89. The van der Waals surface area contributed by atoms with Gasteiger partial charge < -0.3 is 15.4 Å². The summed E-state index contributed by atoms with van der Waals surface area (Å²) in [5.41, 5.74) is 1.16. The topological polar surface area (TPSA) is 61.8 Å². The third-order valence-corrected chi connectivity index (χ3v) is 5.26. The van der Waals surface area contributed by atoms with Gasteiger partial charge in [-0.25, -0.2) is 4.98 Å². The fourth-order valence-electron chi connectivity index (χ4n) is 3.04. The van der Waals surface area contributed by atoms with Gasteiger partial charge in [0.1, 0.15) is 0 Å². The first-order valence-corrected chi connectivity index (χ1v) is 10.8. The Bertz CT molecular complexity index is 546. The van der Waals surface area contributed by atoms with Crippen LogP contribution in [-0.4, -0.2) is 67.8 Å². The molecule has 1 atom stereocenters. The number of rotatable bonds is 9. The van der Waals surface area contributed by atoms with Crippen LogP contribution in [0.2, 0.25) is 0 Å². The van der Waals surface area contributed by atoms with Gasteiger partial charge in [-0.15, -0.1) is 11.3 Å². The molecule has 0 amide bonds. The van der Waals surface area contributed by atoms with Gasteiger partial charge >= 0.3 is 0 Å². The number of aryl methyl sites for hydroxylation is 1. The Hall–Kier alpha value is -1.18. The Kier molecular flexibility index (Phi) is 9.36. The molecule has 148 valence electrons. The van der Waals surface area contributed by atoms with E-state index in [1.165, 1.54) is 5.01 Å². The highest BCUT2D eigenvalue weighted by molar-refractivity contribution is 7.09. The Morgan fingerprint density at radius 3 is 2.96 bits per heavy atom. The van der Waals surface area contributed by atoms with Crippen molar-refractivity contribution in [1.29, 1.82) is 0 Å². The lowest BCUT2D eigenvalue weighted by molar-refractivity contribution is -0.0261. The summed E-state index contributed by atoms with van der Waals surface area (Å²) in [5, 5.41) is 10.1. The smallest absolute Gasteiger partial charge is 0.191 e. The molecule has 0 radical (unpaired) electrons. The van der Waals surface area contributed by atoms with Crippen molar-refractivity contribution in [3.05, 3.63) is 16.1 Å². The average molecular weight is 382 g/mol. The third-order valence-electron chi connectivity index (χ3n) is 4.22. The first-order chi connectivity index (χ1) is 12.6. The van der Waals surface area contributed by atoms with E-state index < -0.39 is 0 Å². The van der Waals surface area contributed by atoms with E-state index in [2.05, 4.69) is 53.6 Å². The van der Waals surface area contributed by atoms with Crippen LogP contribution in [-0.2, 0) is 17.6 Å². The summed E-state index contributed by atoms with van der Waals surface area (Å²) >= 11 is 1.75. The molecule has 0 spiro atoms. The highest BCUT2D eigenvalue weighted by atomic mass is 32.1. The molecule has 7 heteroatoms. The van der Waals surface area contributed by atoms with E-state index in [1.807, 2.05) is 0 Å². The summed E-state index contributed by atoms with van der Waals surface area (Å²) in [6.07, 6.45) is 2.11. The fraction of sp³-hybridized carbons (Fsp3) is 0.789. The summed E-state index contributed by atoms with van der Waals surface area (Å²) in [6.45, 7) is 15.1. The van der Waals surface area contributed by atoms with Crippen molar-refractivity contribution in [3.63, 3.8) is 0 Å². The monoisotopic (exact) mass is 381 g/mol. The van der Waals surface area contributed by atoms with E-state index in [0.717, 1.165) is 63.8 Å². The normalized spacial score (nSPS) is 19.1. The van der Waals surface area contributed by atoms with Gasteiger partial charge in [-0.3, -0.25) is 9.89 Å². The van der Waals surface area contributed by atoms with E-state index in [0.29, 0.717) is 12.5 Å². The van der Waals surface area contributed by atoms with Crippen LogP contribution in [0, 0.1) is 5.92 Å². The van der Waals surface area contributed by atoms with Gasteiger partial charge in [-0.1, -0.05) is 20.8 Å². The van der Waals surface area contributed by atoms with E-state index in [-0.39, 0.29) is 6.10 Å². The molecule has 6 nitrogen and oxygen atoms in total. The molecule has 1 aliphatic rings. The molecule has 1 aliphatic heterocycles. The van der Waals surface area contributed by atoms with Gasteiger partial charge in [0.05, 0.1) is 30.0 Å². The number of hydrogen-bond acceptors (Lipinski definition) is 5. The molecule has 2 heterocycles. The van der Waals surface area contributed by atoms with Crippen LogP contribution in [0.15, 0.2) is 10.4 Å². The Morgan fingerprint density at radius 2 is 2.27 bits per heavy atom. The van der Waals surface area contributed by atoms with E-state index in [4.69, 9.17) is 9.73 Å². The predicted octanol–water partition coefficient (Wildman–Crippen LogP) is 2.16. The fourth-order valence-corrected chi connectivity index (χ4v) is 3.82. The van der Waals surface area contributed by atoms with Crippen molar-refractivity contribution >= 4 is 17.3 Å². The number of guanidine groups is 1. The molecule has 0 aromatic carbocycles. The summed E-state index contributed by atoms with van der Waals surface area (Å²) in [7, 11) is 0. The van der Waals surface area contributed by atoms with Crippen LogP contribution in [0.3, 0.4) is 0 Å². The molecule has 26 heavy (non-hydrogen) atoms. The predicted molar refractivity (Wildman–Crippen MR) is 110 cm³/mol. The molecule has 1 unspecified atom stereocenters. The first kappa shape index (κ1) is 21.1. The summed E-state index contributed by atoms with van der Waals surface area (Å²) in [5.74, 6) is 1.55. The lowest BCUT2D eigenvalue weighted by Gasteiger charge is -2.33. The number of aliphatic imine (C=N–C) groups is 1. The average Bonchev–Trinajstić information content (AvgIpc) is 3.07. The SMILES string of the molecule is CCNC(=NCC1CN(CC(C)C)CCO1)NCCc1csc(CC)n1. The minimum Gasteiger partial charge on any atom is -0.374 e. The number of ether oxygens (including phenoxy) is 1. The van der Waals surface area contributed by atoms with Crippen molar-refractivity contribution in [2.75, 3.05) is 45.9 Å². The minimum absolute atomic E-state index is 0.184. The summed E-state index contributed by atoms with van der Waals surface area (Å²) in [4.78, 5) is 11.8. The van der Waals surface area contributed by atoms with Crippen LogP contribution in [0.5, 0.6) is 0 Å². The largest absolute Gasteiger partial charge is 0.374 e. The van der Waals surface area contributed by atoms with Crippen LogP contribution in [0.1, 0.15) is 38.4 Å². The van der Waals surface area contributed by atoms with Crippen molar-refractivity contribution in [2.45, 2.75) is 46.6 Å². The Labute approximate surface area is 162 Å². The molecule has 1 saturated heterocycles. The lowest BCUT2D eigenvalue weighted by Crippen LogP contribution is -2.46. The Balaban J connectivity index is 1.77. The second-order valence-electron chi connectivity index (χ2n) is 7.13. The maximum absolute atomic E-state index is 5.89. The van der Waals surface area contributed by atoms with Crippen molar-refractivity contribution in [1.82, 2.24) is 20.5 Å². The minimum atomic E-state index is 0.184. The van der Waals surface area contributed by atoms with Crippen LogP contribution in [0.25, 0.3) is 0 Å². The molecular formula is C19H35N5OS. The first-order valence-electron chi connectivity index (χ1n) is 9.90. The maximum Gasteiger partial charge on any atom is 0.191 e. The zero-order valence-electron chi connectivity index (χ0n) is 16.8. The number of aromatic nitrogens is 1. The number of nitrogens with one attached hydrogen (secondary N) is 2. The second-order valence-corrected chi connectivity index (χ2v) is 8.07. The van der Waals surface area contributed by atoms with Crippen LogP contribution < -0.4 is 10.6 Å². The molecule has 1 fully saturated rings. The maximum atomic E-state index is 5.89. The van der Waals surface area contributed by atoms with Gasteiger partial charge in [0, 0.05) is 44.5 Å². The number of hydrogen-bond donors (Lipinski definition) is 2. The third kappa shape index (κ3) is 7.60. The van der Waals surface area contributed by atoms with Crippen LogP contribution in [0.4, 0.5) is 0 Å². The van der Waals surface area contributed by atoms with Crippen molar-refractivity contribution < 1.29 is 4.74 Å².